The standard InChI is InChI=1S/C25H20ClF2N3O3.C21H11ClF6N2O3/c26-18-10-8-17(9-11-18)23(16-6-7-16)31-34-14-15-4-12-19(13-5-15)29-25(33)30-24(32)22-20(27)2-1-3-21(22)28;22-12-8-10(21(26,27)28)4-7-17(12)33-11-5-6-16(15(25)9-11)29-20(32)30-19(31)18-13(23)2-1-3-14(18)24/h1-5,8-13,16H,6-7,14H2,(H2,29,30,32,33);1-9H,(H2,29,30,31,32)/b31-23+;. The van der Waals surface area contributed by atoms with Crippen LogP contribution in [0.15, 0.2) is 126 Å². The van der Waals surface area contributed by atoms with Crippen molar-refractivity contribution in [3.05, 3.63) is 188 Å². The van der Waals surface area contributed by atoms with Crippen molar-refractivity contribution >= 4 is 64.2 Å². The summed E-state index contributed by atoms with van der Waals surface area (Å²) in [7, 11) is 0. The molecule has 0 radical (unpaired) electrons. The summed E-state index contributed by atoms with van der Waals surface area (Å²) in [6, 6.07) is 22.9. The van der Waals surface area contributed by atoms with Crippen LogP contribution in [-0.4, -0.2) is 29.6 Å². The Morgan fingerprint density at radius 3 is 1.70 bits per heavy atom. The molecule has 67 heavy (non-hydrogen) atoms. The molecule has 0 aromatic heterocycles. The molecule has 6 aromatic rings. The number of alkyl halides is 3. The van der Waals surface area contributed by atoms with Crippen molar-refractivity contribution in [1.29, 1.82) is 0 Å². The van der Waals surface area contributed by atoms with Crippen LogP contribution < -0.4 is 26.0 Å². The maximum atomic E-state index is 14.3. The number of hydrogen-bond donors (Lipinski definition) is 4. The number of anilines is 2. The first kappa shape index (κ1) is 48.9. The predicted molar refractivity (Wildman–Crippen MR) is 231 cm³/mol. The number of urea groups is 2. The average Bonchev–Trinajstić information content (AvgIpc) is 4.10. The first-order chi connectivity index (χ1) is 31.9. The van der Waals surface area contributed by atoms with Gasteiger partial charge in [0.1, 0.15) is 58.3 Å². The van der Waals surface area contributed by atoms with Gasteiger partial charge >= 0.3 is 18.2 Å². The number of oxime groups is 1. The first-order valence-electron chi connectivity index (χ1n) is 19.4. The maximum absolute atomic E-state index is 14.3. The zero-order chi connectivity index (χ0) is 48.4. The maximum Gasteiger partial charge on any atom is 0.416 e. The Kier molecular flexibility index (Phi) is 15.8. The third kappa shape index (κ3) is 13.5. The van der Waals surface area contributed by atoms with Crippen LogP contribution in [0.2, 0.25) is 10.0 Å². The van der Waals surface area contributed by atoms with E-state index in [1.807, 2.05) is 34.9 Å². The van der Waals surface area contributed by atoms with E-state index >= 15 is 0 Å². The molecule has 6 aromatic carbocycles. The highest BCUT2D eigenvalue weighted by molar-refractivity contribution is 6.32. The molecule has 0 aliphatic heterocycles. The van der Waals surface area contributed by atoms with E-state index < -0.39 is 81.5 Å². The molecule has 21 heteroatoms. The topological polar surface area (TPSA) is 147 Å². The van der Waals surface area contributed by atoms with Gasteiger partial charge in [0.25, 0.3) is 11.8 Å². The minimum absolute atomic E-state index is 0.162. The number of nitrogens with one attached hydrogen (secondary N) is 4. The number of nitrogens with zero attached hydrogens (tertiary/aromatic N) is 1. The summed E-state index contributed by atoms with van der Waals surface area (Å²) in [4.78, 5) is 53.4. The fourth-order valence-corrected chi connectivity index (χ4v) is 6.17. The molecule has 7 rings (SSSR count). The number of carbonyl (C=O) groups excluding carboxylic acids is 4. The molecule has 346 valence electrons. The summed E-state index contributed by atoms with van der Waals surface area (Å²) >= 11 is 11.7. The van der Waals surface area contributed by atoms with Crippen LogP contribution in [0.5, 0.6) is 11.5 Å². The molecule has 1 fully saturated rings. The lowest BCUT2D eigenvalue weighted by atomic mass is 10.1. The van der Waals surface area contributed by atoms with E-state index in [0.29, 0.717) is 22.7 Å². The van der Waals surface area contributed by atoms with E-state index in [9.17, 15) is 54.3 Å². The van der Waals surface area contributed by atoms with Gasteiger partial charge in [0, 0.05) is 22.7 Å². The van der Waals surface area contributed by atoms with Crippen molar-refractivity contribution in [3.63, 3.8) is 0 Å². The Labute approximate surface area is 384 Å². The van der Waals surface area contributed by atoms with Crippen molar-refractivity contribution < 1.29 is 63.9 Å². The molecule has 6 amide bonds. The van der Waals surface area contributed by atoms with Gasteiger partial charge in [0.2, 0.25) is 0 Å². The predicted octanol–water partition coefficient (Wildman–Crippen LogP) is 12.4. The van der Waals surface area contributed by atoms with E-state index in [2.05, 4.69) is 10.5 Å². The minimum atomic E-state index is -4.61. The lowest BCUT2D eigenvalue weighted by Gasteiger charge is -2.12. The molecule has 0 unspecified atom stereocenters. The molecule has 0 heterocycles. The third-order valence-corrected chi connectivity index (χ3v) is 9.77. The summed E-state index contributed by atoms with van der Waals surface area (Å²) in [6.45, 7) is 0.224. The van der Waals surface area contributed by atoms with Gasteiger partial charge in [-0.25, -0.2) is 31.5 Å². The molecule has 1 aliphatic rings. The van der Waals surface area contributed by atoms with Gasteiger partial charge in [0.05, 0.1) is 22.0 Å². The highest BCUT2D eigenvalue weighted by atomic mass is 35.5. The number of carbonyl (C=O) groups is 4. The molecule has 0 saturated heterocycles. The highest BCUT2D eigenvalue weighted by Crippen LogP contribution is 2.37. The van der Waals surface area contributed by atoms with Crippen molar-refractivity contribution in [1.82, 2.24) is 10.6 Å². The second kappa shape index (κ2) is 21.7. The fraction of sp³-hybridized carbons (Fsp3) is 0.109. The number of rotatable bonds is 11. The molecule has 0 atom stereocenters. The van der Waals surface area contributed by atoms with Crippen molar-refractivity contribution in [2.24, 2.45) is 11.1 Å². The van der Waals surface area contributed by atoms with Crippen LogP contribution in [0, 0.1) is 35.0 Å². The van der Waals surface area contributed by atoms with Crippen molar-refractivity contribution in [3.8, 4) is 11.5 Å². The van der Waals surface area contributed by atoms with E-state index in [0.717, 1.165) is 96.4 Å². The molecule has 0 spiro atoms. The largest absolute Gasteiger partial charge is 0.456 e. The van der Waals surface area contributed by atoms with Crippen molar-refractivity contribution in [2.75, 3.05) is 10.6 Å². The van der Waals surface area contributed by atoms with Crippen molar-refractivity contribution in [2.45, 2.75) is 25.6 Å². The van der Waals surface area contributed by atoms with Gasteiger partial charge in [-0.2, -0.15) is 13.2 Å². The second-order valence-corrected chi connectivity index (χ2v) is 15.0. The smallest absolute Gasteiger partial charge is 0.416 e. The molecule has 0 bridgehead atoms. The summed E-state index contributed by atoms with van der Waals surface area (Å²) < 4.78 is 112. The van der Waals surface area contributed by atoms with Crippen LogP contribution in [0.4, 0.5) is 56.1 Å². The average molecular weight is 973 g/mol. The molecule has 1 saturated carbocycles. The van der Waals surface area contributed by atoms with Gasteiger partial charge < -0.3 is 20.2 Å². The summed E-state index contributed by atoms with van der Waals surface area (Å²) in [5.74, 6) is -8.09. The van der Waals surface area contributed by atoms with E-state index in [-0.39, 0.29) is 23.1 Å². The van der Waals surface area contributed by atoms with Gasteiger partial charge in [-0.3, -0.25) is 20.2 Å². The molecule has 1 aliphatic carbocycles. The number of hydrogen-bond acceptors (Lipinski definition) is 7. The van der Waals surface area contributed by atoms with Gasteiger partial charge in [0.15, 0.2) is 0 Å². The van der Waals surface area contributed by atoms with Crippen LogP contribution >= 0.6 is 23.2 Å². The van der Waals surface area contributed by atoms with Crippen LogP contribution in [0.1, 0.15) is 50.2 Å². The zero-order valence-electron chi connectivity index (χ0n) is 33.9. The van der Waals surface area contributed by atoms with Gasteiger partial charge in [-0.05, 0) is 103 Å². The van der Waals surface area contributed by atoms with Gasteiger partial charge in [-0.1, -0.05) is 64.8 Å². The number of amides is 6. The monoisotopic (exact) mass is 971 g/mol. The summed E-state index contributed by atoms with van der Waals surface area (Å²) in [6.07, 6.45) is -2.47. The Hall–Kier alpha value is -7.51. The number of benzene rings is 6. The molecule has 4 N–H and O–H groups in total. The lowest BCUT2D eigenvalue weighted by Crippen LogP contribution is -2.35. The number of imide groups is 2. The number of ether oxygens (including phenoxy) is 1. The SMILES string of the molecule is O=C(NC(=O)c1c(F)cccc1F)Nc1ccc(CO/N=C(/c2ccc(Cl)cc2)C2CC2)cc1.O=C(NC(=O)c1c(F)cccc1F)Nc1ccc(Oc2ccc(C(F)(F)F)cc2Cl)cc1F. The zero-order valence-corrected chi connectivity index (χ0v) is 35.4. The molecular formula is C46H31Cl2F8N5O6. The van der Waals surface area contributed by atoms with Crippen LogP contribution in [0.3, 0.4) is 0 Å². The fourth-order valence-electron chi connectivity index (χ4n) is 5.83. The van der Waals surface area contributed by atoms with E-state index in [1.165, 1.54) is 0 Å². The van der Waals surface area contributed by atoms with E-state index in [1.54, 1.807) is 29.6 Å². The normalized spacial score (nSPS) is 12.2. The lowest BCUT2D eigenvalue weighted by molar-refractivity contribution is -0.137. The van der Waals surface area contributed by atoms with E-state index in [4.69, 9.17) is 32.8 Å². The Bertz CT molecular complexity index is 2810. The van der Waals surface area contributed by atoms with Gasteiger partial charge in [-0.15, -0.1) is 0 Å². The summed E-state index contributed by atoms with van der Waals surface area (Å²) in [5, 5.41) is 12.6. The highest BCUT2D eigenvalue weighted by Gasteiger charge is 2.31. The summed E-state index contributed by atoms with van der Waals surface area (Å²) in [5.41, 5.74) is -0.191. The molecular weight excluding hydrogens is 941 g/mol. The molecule has 11 nitrogen and oxygen atoms in total. The third-order valence-electron chi connectivity index (χ3n) is 9.22. The Balaban J connectivity index is 0.000000221. The quantitative estimate of drug-likeness (QED) is 0.0577. The van der Waals surface area contributed by atoms with Crippen LogP contribution in [-0.2, 0) is 17.6 Å². The second-order valence-electron chi connectivity index (χ2n) is 14.1. The first-order valence-corrected chi connectivity index (χ1v) is 20.1. The Morgan fingerprint density at radius 2 is 1.19 bits per heavy atom. The van der Waals surface area contributed by atoms with Crippen LogP contribution in [0.25, 0.3) is 0 Å². The number of halogens is 10. The minimum Gasteiger partial charge on any atom is -0.456 e. The Morgan fingerprint density at radius 1 is 0.642 bits per heavy atom.